The highest BCUT2D eigenvalue weighted by atomic mass is 35.5. The van der Waals surface area contributed by atoms with E-state index in [2.05, 4.69) is 10.6 Å². The predicted octanol–water partition coefficient (Wildman–Crippen LogP) is 2.22. The van der Waals surface area contributed by atoms with Crippen molar-refractivity contribution in [2.75, 3.05) is 37.0 Å². The van der Waals surface area contributed by atoms with Crippen LogP contribution in [0.5, 0.6) is 0 Å². The molecule has 2 rings (SSSR count). The lowest BCUT2D eigenvalue weighted by Crippen LogP contribution is -2.43. The van der Waals surface area contributed by atoms with Crippen molar-refractivity contribution in [3.05, 3.63) is 29.3 Å². The van der Waals surface area contributed by atoms with Gasteiger partial charge in [-0.15, -0.1) is 12.4 Å². The summed E-state index contributed by atoms with van der Waals surface area (Å²) in [6.07, 6.45) is 0.445. The quantitative estimate of drug-likeness (QED) is 0.833. The molecule has 0 radical (unpaired) electrons. The van der Waals surface area contributed by atoms with Crippen LogP contribution in [0.1, 0.15) is 17.5 Å². The van der Waals surface area contributed by atoms with Crippen LogP contribution in [0.3, 0.4) is 0 Å². The van der Waals surface area contributed by atoms with Crippen LogP contribution >= 0.6 is 24.2 Å². The Hall–Kier alpha value is -1.24. The van der Waals surface area contributed by atoms with Gasteiger partial charge in [-0.3, -0.25) is 9.59 Å². The summed E-state index contributed by atoms with van der Waals surface area (Å²) >= 11 is 1.86. The van der Waals surface area contributed by atoms with Gasteiger partial charge in [-0.1, -0.05) is 12.1 Å². The van der Waals surface area contributed by atoms with E-state index in [1.165, 1.54) is 4.90 Å². The molecular formula is C17H26ClN3O2S. The molecule has 24 heavy (non-hydrogen) atoms. The number of nitrogens with one attached hydrogen (secondary N) is 2. The van der Waals surface area contributed by atoms with Crippen LogP contribution in [-0.2, 0) is 9.59 Å². The zero-order chi connectivity index (χ0) is 16.8. The summed E-state index contributed by atoms with van der Waals surface area (Å²) in [4.78, 5) is 25.9. The van der Waals surface area contributed by atoms with Crippen molar-refractivity contribution in [1.29, 1.82) is 0 Å². The standard InChI is InChI=1S/C17H25N3O2S.ClH/c1-12-5-4-6-15(13(12)2)19-16(21)10-20(3)17(22)9-14-11-23-8-7-18-14;/h4-6,14,18H,7-11H2,1-3H3,(H,19,21);1H. The van der Waals surface area contributed by atoms with Crippen LogP contribution in [-0.4, -0.2) is 54.4 Å². The molecule has 0 aliphatic carbocycles. The van der Waals surface area contributed by atoms with E-state index in [0.717, 1.165) is 34.9 Å². The first-order valence-electron chi connectivity index (χ1n) is 7.88. The fraction of sp³-hybridized carbons (Fsp3) is 0.529. The molecule has 1 fully saturated rings. The van der Waals surface area contributed by atoms with Crippen LogP contribution in [0.15, 0.2) is 18.2 Å². The topological polar surface area (TPSA) is 61.4 Å². The Morgan fingerprint density at radius 1 is 1.38 bits per heavy atom. The summed E-state index contributed by atoms with van der Waals surface area (Å²) in [6, 6.07) is 6.02. The summed E-state index contributed by atoms with van der Waals surface area (Å²) in [5, 5.41) is 6.23. The van der Waals surface area contributed by atoms with E-state index in [0.29, 0.717) is 6.42 Å². The van der Waals surface area contributed by atoms with Gasteiger partial charge in [0.05, 0.1) is 6.54 Å². The summed E-state index contributed by atoms with van der Waals surface area (Å²) in [5.74, 6) is 1.88. The molecule has 2 amide bonds. The fourth-order valence-electron chi connectivity index (χ4n) is 2.50. The molecule has 1 unspecified atom stereocenters. The SMILES string of the molecule is Cc1cccc(NC(=O)CN(C)C(=O)CC2CSCCN2)c1C.Cl. The Kier molecular flexibility index (Phi) is 8.59. The van der Waals surface area contributed by atoms with E-state index in [1.54, 1.807) is 7.05 Å². The van der Waals surface area contributed by atoms with E-state index >= 15 is 0 Å². The molecule has 1 aliphatic rings. The molecule has 1 saturated heterocycles. The molecule has 1 aliphatic heterocycles. The fourth-order valence-corrected chi connectivity index (χ4v) is 3.45. The Morgan fingerprint density at radius 2 is 2.12 bits per heavy atom. The van der Waals surface area contributed by atoms with E-state index in [9.17, 15) is 9.59 Å². The van der Waals surface area contributed by atoms with E-state index in [-0.39, 0.29) is 36.8 Å². The summed E-state index contributed by atoms with van der Waals surface area (Å²) in [7, 11) is 1.68. The third kappa shape index (κ3) is 6.00. The van der Waals surface area contributed by atoms with Gasteiger partial charge >= 0.3 is 0 Å². The molecule has 1 atom stereocenters. The summed E-state index contributed by atoms with van der Waals surface area (Å²) < 4.78 is 0. The second-order valence-electron chi connectivity index (χ2n) is 5.98. The third-order valence-electron chi connectivity index (χ3n) is 4.10. The van der Waals surface area contributed by atoms with Gasteiger partial charge in [0.25, 0.3) is 0 Å². The molecule has 0 aromatic heterocycles. The van der Waals surface area contributed by atoms with Crippen molar-refractivity contribution in [3.8, 4) is 0 Å². The molecule has 1 heterocycles. The number of carbonyl (C=O) groups excluding carboxylic acids is 2. The molecule has 5 nitrogen and oxygen atoms in total. The van der Waals surface area contributed by atoms with Gasteiger partial charge in [-0.05, 0) is 31.0 Å². The van der Waals surface area contributed by atoms with E-state index in [4.69, 9.17) is 0 Å². The maximum absolute atomic E-state index is 12.2. The van der Waals surface area contributed by atoms with E-state index < -0.39 is 0 Å². The van der Waals surface area contributed by atoms with Crippen LogP contribution < -0.4 is 10.6 Å². The number of aryl methyl sites for hydroxylation is 1. The third-order valence-corrected chi connectivity index (χ3v) is 5.24. The molecule has 134 valence electrons. The molecule has 0 saturated carbocycles. The van der Waals surface area contributed by atoms with Crippen LogP contribution in [0.25, 0.3) is 0 Å². The molecule has 1 aromatic carbocycles. The Labute approximate surface area is 154 Å². The molecular weight excluding hydrogens is 346 g/mol. The van der Waals surface area contributed by atoms with Gasteiger partial charge in [0, 0.05) is 43.2 Å². The first kappa shape index (κ1) is 20.8. The number of amides is 2. The van der Waals surface area contributed by atoms with Crippen LogP contribution in [0.2, 0.25) is 0 Å². The first-order chi connectivity index (χ1) is 11.0. The number of anilines is 1. The Bertz CT molecular complexity index is 577. The monoisotopic (exact) mass is 371 g/mol. The highest BCUT2D eigenvalue weighted by Crippen LogP contribution is 2.18. The minimum atomic E-state index is -0.166. The number of benzene rings is 1. The van der Waals surface area contributed by atoms with Crippen LogP contribution in [0, 0.1) is 13.8 Å². The highest BCUT2D eigenvalue weighted by molar-refractivity contribution is 7.99. The van der Waals surface area contributed by atoms with Crippen molar-refractivity contribution >= 4 is 41.7 Å². The van der Waals surface area contributed by atoms with Gasteiger partial charge in [0.15, 0.2) is 0 Å². The largest absolute Gasteiger partial charge is 0.336 e. The lowest BCUT2D eigenvalue weighted by Gasteiger charge is -2.25. The average molecular weight is 372 g/mol. The van der Waals surface area contributed by atoms with Gasteiger partial charge in [0.1, 0.15) is 0 Å². The van der Waals surface area contributed by atoms with Gasteiger partial charge < -0.3 is 15.5 Å². The lowest BCUT2D eigenvalue weighted by atomic mass is 10.1. The second-order valence-corrected chi connectivity index (χ2v) is 7.13. The number of likely N-dealkylation sites (N-methyl/N-ethyl adjacent to an activating group) is 1. The van der Waals surface area contributed by atoms with Crippen molar-refractivity contribution in [2.24, 2.45) is 0 Å². The number of hydrogen-bond donors (Lipinski definition) is 2. The maximum Gasteiger partial charge on any atom is 0.243 e. The van der Waals surface area contributed by atoms with Gasteiger partial charge in [-0.2, -0.15) is 11.8 Å². The summed E-state index contributed by atoms with van der Waals surface area (Å²) in [5.41, 5.74) is 2.99. The normalized spacial score (nSPS) is 16.9. The second kappa shape index (κ2) is 9.91. The smallest absolute Gasteiger partial charge is 0.243 e. The molecule has 0 bridgehead atoms. The number of carbonyl (C=O) groups is 2. The van der Waals surface area contributed by atoms with Crippen molar-refractivity contribution in [2.45, 2.75) is 26.3 Å². The first-order valence-corrected chi connectivity index (χ1v) is 9.04. The highest BCUT2D eigenvalue weighted by Gasteiger charge is 2.20. The minimum absolute atomic E-state index is 0. The van der Waals surface area contributed by atoms with E-state index in [1.807, 2.05) is 43.8 Å². The minimum Gasteiger partial charge on any atom is -0.336 e. The van der Waals surface area contributed by atoms with Crippen molar-refractivity contribution in [1.82, 2.24) is 10.2 Å². The Morgan fingerprint density at radius 3 is 2.79 bits per heavy atom. The predicted molar refractivity (Wildman–Crippen MR) is 103 cm³/mol. The van der Waals surface area contributed by atoms with Crippen molar-refractivity contribution in [3.63, 3.8) is 0 Å². The number of rotatable bonds is 5. The number of thioether (sulfide) groups is 1. The summed E-state index contributed by atoms with van der Waals surface area (Å²) in [6.45, 7) is 5.01. The zero-order valence-corrected chi connectivity index (χ0v) is 16.1. The number of nitrogens with zero attached hydrogens (tertiary/aromatic N) is 1. The molecule has 7 heteroatoms. The maximum atomic E-state index is 12.2. The number of hydrogen-bond acceptors (Lipinski definition) is 4. The lowest BCUT2D eigenvalue weighted by molar-refractivity contribution is -0.133. The molecule has 0 spiro atoms. The van der Waals surface area contributed by atoms with Gasteiger partial charge in [0.2, 0.25) is 11.8 Å². The zero-order valence-electron chi connectivity index (χ0n) is 14.4. The average Bonchev–Trinajstić information content (AvgIpc) is 2.52. The van der Waals surface area contributed by atoms with Crippen molar-refractivity contribution < 1.29 is 9.59 Å². The molecule has 1 aromatic rings. The Balaban J connectivity index is 0.00000288. The van der Waals surface area contributed by atoms with Gasteiger partial charge in [-0.25, -0.2) is 0 Å². The molecule has 2 N–H and O–H groups in total. The number of halogens is 1. The van der Waals surface area contributed by atoms with Crippen LogP contribution in [0.4, 0.5) is 5.69 Å².